The summed E-state index contributed by atoms with van der Waals surface area (Å²) in [5.74, 6) is 2.33. The standard InChI is InChI=1S/C15H20N2O3S/c1-21(18,19)9-10-2-5-15(16-6-10)17-7-11-12(8-17)14-4-3-13(11)20-14/h2,5-6,11-14H,3-4,7-9H2,1H3/t11-,12+,13+,14-. The highest BCUT2D eigenvalue weighted by atomic mass is 32.2. The van der Waals surface area contributed by atoms with Crippen molar-refractivity contribution in [3.05, 3.63) is 23.9 Å². The molecule has 4 heterocycles. The summed E-state index contributed by atoms with van der Waals surface area (Å²) in [6.07, 6.45) is 6.26. The molecule has 1 aromatic heterocycles. The highest BCUT2D eigenvalue weighted by Gasteiger charge is 2.53. The smallest absolute Gasteiger partial charge is 0.151 e. The van der Waals surface area contributed by atoms with Gasteiger partial charge in [-0.25, -0.2) is 13.4 Å². The predicted octanol–water partition coefficient (Wildman–Crippen LogP) is 1.24. The zero-order valence-electron chi connectivity index (χ0n) is 12.1. The summed E-state index contributed by atoms with van der Waals surface area (Å²) < 4.78 is 28.6. The number of hydrogen-bond acceptors (Lipinski definition) is 5. The summed E-state index contributed by atoms with van der Waals surface area (Å²) in [6.45, 7) is 2.04. The van der Waals surface area contributed by atoms with Crippen LogP contribution in [0.5, 0.6) is 0 Å². The Morgan fingerprint density at radius 1 is 1.24 bits per heavy atom. The summed E-state index contributed by atoms with van der Waals surface area (Å²) in [4.78, 5) is 6.79. The van der Waals surface area contributed by atoms with E-state index in [0.29, 0.717) is 24.0 Å². The molecule has 0 N–H and O–H groups in total. The summed E-state index contributed by atoms with van der Waals surface area (Å²) >= 11 is 0. The molecule has 0 aromatic carbocycles. The molecule has 2 bridgehead atoms. The van der Waals surface area contributed by atoms with Crippen molar-refractivity contribution >= 4 is 15.7 Å². The average Bonchev–Trinajstić information content (AvgIpc) is 3.10. The van der Waals surface area contributed by atoms with Gasteiger partial charge in [0, 0.05) is 37.4 Å². The first-order valence-corrected chi connectivity index (χ1v) is 9.59. The van der Waals surface area contributed by atoms with E-state index in [-0.39, 0.29) is 5.75 Å². The van der Waals surface area contributed by atoms with Gasteiger partial charge in [0.2, 0.25) is 0 Å². The topological polar surface area (TPSA) is 59.5 Å². The van der Waals surface area contributed by atoms with Gasteiger partial charge in [-0.05, 0) is 24.5 Å². The Balaban J connectivity index is 1.48. The van der Waals surface area contributed by atoms with E-state index in [2.05, 4.69) is 9.88 Å². The number of pyridine rings is 1. The molecule has 6 heteroatoms. The Morgan fingerprint density at radius 3 is 2.43 bits per heavy atom. The molecule has 3 fully saturated rings. The highest BCUT2D eigenvalue weighted by Crippen LogP contribution is 2.47. The van der Waals surface area contributed by atoms with Gasteiger partial charge in [0.05, 0.1) is 18.0 Å². The SMILES string of the molecule is CS(=O)(=O)Cc1ccc(N2C[C@@H]3[C@H](C2)[C@H]2CC[C@@H]3O2)nc1. The Hall–Kier alpha value is -1.14. The van der Waals surface area contributed by atoms with Gasteiger partial charge in [0.25, 0.3) is 0 Å². The maximum absolute atomic E-state index is 11.3. The molecule has 0 unspecified atom stereocenters. The van der Waals surface area contributed by atoms with E-state index in [0.717, 1.165) is 24.5 Å². The van der Waals surface area contributed by atoms with Crippen LogP contribution in [0.25, 0.3) is 0 Å². The maximum atomic E-state index is 11.3. The Morgan fingerprint density at radius 2 is 1.90 bits per heavy atom. The molecule has 21 heavy (non-hydrogen) atoms. The minimum absolute atomic E-state index is 0.0590. The van der Waals surface area contributed by atoms with Crippen molar-refractivity contribution < 1.29 is 13.2 Å². The minimum Gasteiger partial charge on any atom is -0.374 e. The predicted molar refractivity (Wildman–Crippen MR) is 79.9 cm³/mol. The van der Waals surface area contributed by atoms with Crippen LogP contribution in [0.2, 0.25) is 0 Å². The molecule has 5 nitrogen and oxygen atoms in total. The van der Waals surface area contributed by atoms with Crippen LogP contribution in [0.1, 0.15) is 18.4 Å². The van der Waals surface area contributed by atoms with Crippen molar-refractivity contribution in [2.45, 2.75) is 30.8 Å². The summed E-state index contributed by atoms with van der Waals surface area (Å²) in [5.41, 5.74) is 0.754. The molecular formula is C15H20N2O3S. The summed E-state index contributed by atoms with van der Waals surface area (Å²) in [7, 11) is -3.00. The number of ether oxygens (including phenoxy) is 1. The second-order valence-electron chi connectivity index (χ2n) is 6.62. The van der Waals surface area contributed by atoms with E-state index in [1.54, 1.807) is 6.20 Å². The van der Waals surface area contributed by atoms with Gasteiger partial charge in [-0.2, -0.15) is 0 Å². The van der Waals surface area contributed by atoms with Crippen LogP contribution in [0.15, 0.2) is 18.3 Å². The third-order valence-electron chi connectivity index (χ3n) is 5.01. The lowest BCUT2D eigenvalue weighted by Gasteiger charge is -2.19. The highest BCUT2D eigenvalue weighted by molar-refractivity contribution is 7.89. The number of anilines is 1. The van der Waals surface area contributed by atoms with Crippen molar-refractivity contribution in [2.75, 3.05) is 24.2 Å². The number of aromatic nitrogens is 1. The van der Waals surface area contributed by atoms with Crippen LogP contribution in [0.3, 0.4) is 0 Å². The molecular weight excluding hydrogens is 288 g/mol. The number of hydrogen-bond donors (Lipinski definition) is 0. The monoisotopic (exact) mass is 308 g/mol. The van der Waals surface area contributed by atoms with Gasteiger partial charge in [0.15, 0.2) is 9.84 Å². The van der Waals surface area contributed by atoms with Crippen molar-refractivity contribution in [1.82, 2.24) is 4.98 Å². The first-order chi connectivity index (χ1) is 9.99. The summed E-state index contributed by atoms with van der Waals surface area (Å²) in [6, 6.07) is 3.83. The van der Waals surface area contributed by atoms with E-state index in [9.17, 15) is 8.42 Å². The third kappa shape index (κ3) is 2.44. The molecule has 3 aliphatic rings. The first-order valence-electron chi connectivity index (χ1n) is 7.53. The lowest BCUT2D eigenvalue weighted by atomic mass is 9.82. The van der Waals surface area contributed by atoms with Crippen molar-refractivity contribution in [2.24, 2.45) is 11.8 Å². The lowest BCUT2D eigenvalue weighted by molar-refractivity contribution is 0.0849. The molecule has 114 valence electrons. The molecule has 1 aromatic rings. The van der Waals surface area contributed by atoms with Crippen LogP contribution < -0.4 is 4.90 Å². The number of nitrogens with zero attached hydrogens (tertiary/aromatic N) is 2. The quantitative estimate of drug-likeness (QED) is 0.841. The van der Waals surface area contributed by atoms with E-state index in [4.69, 9.17) is 4.74 Å². The first kappa shape index (κ1) is 13.5. The van der Waals surface area contributed by atoms with Crippen LogP contribution in [-0.2, 0) is 20.3 Å². The number of rotatable bonds is 3. The van der Waals surface area contributed by atoms with Crippen LogP contribution in [0, 0.1) is 11.8 Å². The number of sulfone groups is 1. The van der Waals surface area contributed by atoms with Crippen LogP contribution in [0.4, 0.5) is 5.82 Å². The molecule has 3 saturated heterocycles. The average molecular weight is 308 g/mol. The molecule has 4 atom stereocenters. The zero-order chi connectivity index (χ0) is 14.6. The summed E-state index contributed by atoms with van der Waals surface area (Å²) in [5, 5.41) is 0. The minimum atomic E-state index is -3.00. The Kier molecular flexibility index (Phi) is 3.01. The second kappa shape index (κ2) is 4.68. The van der Waals surface area contributed by atoms with Crippen molar-refractivity contribution in [3.8, 4) is 0 Å². The van der Waals surface area contributed by atoms with Crippen LogP contribution >= 0.6 is 0 Å². The second-order valence-corrected chi connectivity index (χ2v) is 8.76. The van der Waals surface area contributed by atoms with Gasteiger partial charge < -0.3 is 9.64 Å². The van der Waals surface area contributed by atoms with E-state index >= 15 is 0 Å². The van der Waals surface area contributed by atoms with Gasteiger partial charge in [-0.15, -0.1) is 0 Å². The third-order valence-corrected chi connectivity index (χ3v) is 5.87. The van der Waals surface area contributed by atoms with E-state index in [1.165, 1.54) is 19.1 Å². The van der Waals surface area contributed by atoms with Crippen molar-refractivity contribution in [1.29, 1.82) is 0 Å². The maximum Gasteiger partial charge on any atom is 0.151 e. The largest absolute Gasteiger partial charge is 0.374 e. The fourth-order valence-electron chi connectivity index (χ4n) is 4.14. The van der Waals surface area contributed by atoms with Gasteiger partial charge >= 0.3 is 0 Å². The van der Waals surface area contributed by atoms with E-state index in [1.807, 2.05) is 12.1 Å². The molecule has 0 spiro atoms. The Labute approximate surface area is 125 Å². The van der Waals surface area contributed by atoms with Crippen molar-refractivity contribution in [3.63, 3.8) is 0 Å². The zero-order valence-corrected chi connectivity index (χ0v) is 12.9. The van der Waals surface area contributed by atoms with Crippen LogP contribution in [-0.4, -0.2) is 45.0 Å². The molecule has 0 radical (unpaired) electrons. The fourth-order valence-corrected chi connectivity index (χ4v) is 4.92. The molecule has 4 rings (SSSR count). The lowest BCUT2D eigenvalue weighted by Crippen LogP contribution is -2.25. The molecule has 0 saturated carbocycles. The normalized spacial score (nSPS) is 34.4. The van der Waals surface area contributed by atoms with Gasteiger partial charge in [0.1, 0.15) is 5.82 Å². The fraction of sp³-hybridized carbons (Fsp3) is 0.667. The molecule has 0 amide bonds. The Bertz CT molecular complexity index is 625. The number of fused-ring (bicyclic) bond motifs is 5. The van der Waals surface area contributed by atoms with Gasteiger partial charge in [-0.1, -0.05) is 6.07 Å². The molecule has 0 aliphatic carbocycles. The molecule has 3 aliphatic heterocycles. The van der Waals surface area contributed by atoms with E-state index < -0.39 is 9.84 Å². The van der Waals surface area contributed by atoms with Gasteiger partial charge in [-0.3, -0.25) is 0 Å².